The maximum absolute atomic E-state index is 12.9. The summed E-state index contributed by atoms with van der Waals surface area (Å²) in [7, 11) is 0. The van der Waals surface area contributed by atoms with E-state index in [0.717, 1.165) is 40.4 Å². The van der Waals surface area contributed by atoms with Gasteiger partial charge in [-0.15, -0.1) is 11.8 Å². The van der Waals surface area contributed by atoms with Gasteiger partial charge in [0.15, 0.2) is 0 Å². The number of fused-ring (bicyclic) bond motifs is 3. The van der Waals surface area contributed by atoms with Gasteiger partial charge in [0.25, 0.3) is 0 Å². The Labute approximate surface area is 155 Å². The van der Waals surface area contributed by atoms with Gasteiger partial charge < -0.3 is 9.88 Å². The summed E-state index contributed by atoms with van der Waals surface area (Å²) in [5, 5.41) is 2.93. The molecule has 0 aliphatic carbocycles. The van der Waals surface area contributed by atoms with Crippen LogP contribution in [0.3, 0.4) is 0 Å². The molecule has 0 saturated heterocycles. The van der Waals surface area contributed by atoms with E-state index in [1.165, 1.54) is 43.2 Å². The summed E-state index contributed by atoms with van der Waals surface area (Å²) in [5.74, 6) is 1.07. The van der Waals surface area contributed by atoms with E-state index in [-0.39, 0.29) is 17.5 Å². The fourth-order valence-corrected chi connectivity index (χ4v) is 4.00. The van der Waals surface area contributed by atoms with Gasteiger partial charge >= 0.3 is 0 Å². The van der Waals surface area contributed by atoms with Crippen LogP contribution in [0.2, 0.25) is 0 Å². The molecular formula is C20H20FN3OS. The van der Waals surface area contributed by atoms with E-state index in [2.05, 4.69) is 9.88 Å². The Morgan fingerprint density at radius 3 is 2.85 bits per heavy atom. The smallest absolute Gasteiger partial charge is 0.234 e. The van der Waals surface area contributed by atoms with Gasteiger partial charge in [0.1, 0.15) is 11.6 Å². The average Bonchev–Trinajstić information content (AvgIpc) is 2.81. The maximum atomic E-state index is 12.9. The fraction of sp³-hybridized carbons (Fsp3) is 0.300. The predicted molar refractivity (Wildman–Crippen MR) is 103 cm³/mol. The van der Waals surface area contributed by atoms with Crippen molar-refractivity contribution >= 4 is 34.4 Å². The van der Waals surface area contributed by atoms with Crippen LogP contribution >= 0.6 is 11.8 Å². The van der Waals surface area contributed by atoms with Gasteiger partial charge in [-0.3, -0.25) is 4.79 Å². The standard InChI is InChI=1S/C20H20FN3OS/c21-14-5-8-16(9-6-14)26-13-20(25)22-15-7-10-18-17(12-15)23-19-4-2-1-3-11-24(18)19/h5-10,12H,1-4,11,13H2,(H,22,25). The lowest BCUT2D eigenvalue weighted by Gasteiger charge is -2.07. The fourth-order valence-electron chi connectivity index (χ4n) is 3.30. The Morgan fingerprint density at radius 1 is 1.15 bits per heavy atom. The van der Waals surface area contributed by atoms with Gasteiger partial charge in [0.2, 0.25) is 5.91 Å². The number of imidazole rings is 1. The van der Waals surface area contributed by atoms with Crippen LogP contribution in [-0.2, 0) is 17.8 Å². The number of halogens is 1. The van der Waals surface area contributed by atoms with E-state index in [1.807, 2.05) is 18.2 Å². The first-order valence-electron chi connectivity index (χ1n) is 8.86. The highest BCUT2D eigenvalue weighted by Gasteiger charge is 2.14. The van der Waals surface area contributed by atoms with Gasteiger partial charge in [-0.1, -0.05) is 6.42 Å². The van der Waals surface area contributed by atoms with Gasteiger partial charge in [0, 0.05) is 23.5 Å². The molecule has 0 radical (unpaired) electrons. The molecule has 1 aliphatic rings. The summed E-state index contributed by atoms with van der Waals surface area (Å²) >= 11 is 1.39. The highest BCUT2D eigenvalue weighted by Crippen LogP contribution is 2.25. The number of aryl methyl sites for hydroxylation is 2. The summed E-state index contributed by atoms with van der Waals surface area (Å²) in [4.78, 5) is 17.8. The minimum atomic E-state index is -0.273. The van der Waals surface area contributed by atoms with Crippen molar-refractivity contribution in [3.8, 4) is 0 Å². The van der Waals surface area contributed by atoms with Crippen LogP contribution in [0, 0.1) is 5.82 Å². The minimum absolute atomic E-state index is 0.0838. The molecule has 2 aromatic carbocycles. The Bertz CT molecular complexity index is 936. The van der Waals surface area contributed by atoms with Crippen LogP contribution in [0.4, 0.5) is 10.1 Å². The third-order valence-corrected chi connectivity index (χ3v) is 5.59. The number of thioether (sulfide) groups is 1. The highest BCUT2D eigenvalue weighted by atomic mass is 32.2. The lowest BCUT2D eigenvalue weighted by Crippen LogP contribution is -2.13. The summed E-state index contributed by atoms with van der Waals surface area (Å²) in [6, 6.07) is 12.1. The van der Waals surface area contributed by atoms with Crippen LogP contribution in [0.5, 0.6) is 0 Å². The van der Waals surface area contributed by atoms with Crippen molar-refractivity contribution < 1.29 is 9.18 Å². The van der Waals surface area contributed by atoms with Crippen LogP contribution in [0.1, 0.15) is 25.1 Å². The molecule has 0 fully saturated rings. The van der Waals surface area contributed by atoms with Gasteiger partial charge in [-0.25, -0.2) is 9.37 Å². The molecule has 4 rings (SSSR count). The first kappa shape index (κ1) is 17.1. The van der Waals surface area contributed by atoms with Crippen molar-refractivity contribution in [3.05, 3.63) is 54.1 Å². The first-order valence-corrected chi connectivity index (χ1v) is 9.85. The zero-order valence-corrected chi connectivity index (χ0v) is 15.2. The molecule has 1 aliphatic heterocycles. The Morgan fingerprint density at radius 2 is 2.00 bits per heavy atom. The van der Waals surface area contributed by atoms with E-state index >= 15 is 0 Å². The topological polar surface area (TPSA) is 46.9 Å². The molecule has 6 heteroatoms. The second kappa shape index (κ2) is 7.50. The molecule has 26 heavy (non-hydrogen) atoms. The number of amides is 1. The number of nitrogens with zero attached hydrogens (tertiary/aromatic N) is 2. The lowest BCUT2D eigenvalue weighted by atomic mass is 10.2. The molecule has 3 aromatic rings. The molecule has 0 saturated carbocycles. The van der Waals surface area contributed by atoms with Crippen molar-refractivity contribution in [2.75, 3.05) is 11.1 Å². The van der Waals surface area contributed by atoms with Crippen LogP contribution in [0.15, 0.2) is 47.4 Å². The van der Waals surface area contributed by atoms with Crippen LogP contribution in [0.25, 0.3) is 11.0 Å². The van der Waals surface area contributed by atoms with E-state index in [4.69, 9.17) is 4.98 Å². The third-order valence-electron chi connectivity index (χ3n) is 4.58. The zero-order valence-electron chi connectivity index (χ0n) is 14.4. The predicted octanol–water partition coefficient (Wildman–Crippen LogP) is 4.63. The Hall–Kier alpha value is -2.34. The van der Waals surface area contributed by atoms with E-state index in [0.29, 0.717) is 0 Å². The number of benzene rings is 2. The van der Waals surface area contributed by atoms with Gasteiger partial charge in [-0.05, 0) is 55.3 Å². The number of hydrogen-bond donors (Lipinski definition) is 1. The second-order valence-corrected chi connectivity index (χ2v) is 7.53. The molecule has 134 valence electrons. The quantitative estimate of drug-likeness (QED) is 0.682. The second-order valence-electron chi connectivity index (χ2n) is 6.48. The molecule has 0 atom stereocenters. The van der Waals surface area contributed by atoms with Crippen LogP contribution < -0.4 is 5.32 Å². The van der Waals surface area contributed by atoms with Crippen molar-refractivity contribution in [2.45, 2.75) is 37.1 Å². The highest BCUT2D eigenvalue weighted by molar-refractivity contribution is 8.00. The van der Waals surface area contributed by atoms with Gasteiger partial charge in [-0.2, -0.15) is 0 Å². The summed E-state index contributed by atoms with van der Waals surface area (Å²) in [6.07, 6.45) is 4.65. The van der Waals surface area contributed by atoms with Crippen LogP contribution in [-0.4, -0.2) is 21.2 Å². The number of hydrogen-bond acceptors (Lipinski definition) is 3. The molecule has 1 amide bonds. The monoisotopic (exact) mass is 369 g/mol. The van der Waals surface area contributed by atoms with Crippen molar-refractivity contribution in [1.29, 1.82) is 0 Å². The number of carbonyl (C=O) groups excluding carboxylic acids is 1. The molecule has 0 spiro atoms. The number of rotatable bonds is 4. The van der Waals surface area contributed by atoms with E-state index < -0.39 is 0 Å². The average molecular weight is 369 g/mol. The number of anilines is 1. The third kappa shape index (κ3) is 3.75. The Balaban J connectivity index is 1.43. The first-order chi connectivity index (χ1) is 12.7. The summed E-state index contributed by atoms with van der Waals surface area (Å²) in [5.41, 5.74) is 2.84. The summed E-state index contributed by atoms with van der Waals surface area (Å²) < 4.78 is 15.2. The normalized spacial score (nSPS) is 14.0. The molecule has 4 nitrogen and oxygen atoms in total. The van der Waals surface area contributed by atoms with E-state index in [1.54, 1.807) is 12.1 Å². The molecular weight excluding hydrogens is 349 g/mol. The maximum Gasteiger partial charge on any atom is 0.234 e. The molecule has 1 N–H and O–H groups in total. The molecule has 1 aromatic heterocycles. The molecule has 0 bridgehead atoms. The Kier molecular flexibility index (Phi) is 4.93. The largest absolute Gasteiger partial charge is 0.328 e. The molecule has 0 unspecified atom stereocenters. The van der Waals surface area contributed by atoms with E-state index in [9.17, 15) is 9.18 Å². The van der Waals surface area contributed by atoms with Crippen molar-refractivity contribution in [2.24, 2.45) is 0 Å². The SMILES string of the molecule is O=C(CSc1ccc(F)cc1)Nc1ccc2c(c1)nc1n2CCCCC1. The lowest BCUT2D eigenvalue weighted by molar-refractivity contribution is -0.113. The zero-order chi connectivity index (χ0) is 17.9. The van der Waals surface area contributed by atoms with Crippen molar-refractivity contribution in [1.82, 2.24) is 9.55 Å². The summed E-state index contributed by atoms with van der Waals surface area (Å²) in [6.45, 7) is 1.02. The van der Waals surface area contributed by atoms with Gasteiger partial charge in [0.05, 0.1) is 16.8 Å². The number of nitrogens with one attached hydrogen (secondary N) is 1. The van der Waals surface area contributed by atoms with Crippen molar-refractivity contribution in [3.63, 3.8) is 0 Å². The number of aromatic nitrogens is 2. The minimum Gasteiger partial charge on any atom is -0.328 e. The molecule has 2 heterocycles. The number of carbonyl (C=O) groups is 1.